The van der Waals surface area contributed by atoms with Crippen LogP contribution in [-0.2, 0) is 4.79 Å². The molecule has 0 aliphatic rings. The van der Waals surface area contributed by atoms with Crippen molar-refractivity contribution in [1.82, 2.24) is 20.1 Å². The van der Waals surface area contributed by atoms with E-state index in [1.165, 1.54) is 11.8 Å². The molecule has 0 aliphatic carbocycles. The highest BCUT2D eigenvalue weighted by atomic mass is 32.2. The summed E-state index contributed by atoms with van der Waals surface area (Å²) < 4.78 is 5.81. The van der Waals surface area contributed by atoms with Gasteiger partial charge in [0.15, 0.2) is 0 Å². The number of benzene rings is 1. The van der Waals surface area contributed by atoms with Crippen molar-refractivity contribution < 1.29 is 9.21 Å². The van der Waals surface area contributed by atoms with E-state index in [0.717, 1.165) is 16.5 Å². The Kier molecular flexibility index (Phi) is 5.36. The van der Waals surface area contributed by atoms with E-state index in [4.69, 9.17) is 4.42 Å². The lowest BCUT2D eigenvalue weighted by molar-refractivity contribution is -0.133. The molecule has 0 spiro atoms. The highest BCUT2D eigenvalue weighted by Crippen LogP contribution is 2.31. The second-order valence-electron chi connectivity index (χ2n) is 6.81. The van der Waals surface area contributed by atoms with Gasteiger partial charge in [0.1, 0.15) is 0 Å². The molecule has 0 aliphatic heterocycles. The van der Waals surface area contributed by atoms with Gasteiger partial charge in [-0.2, -0.15) is 0 Å². The van der Waals surface area contributed by atoms with Crippen LogP contribution in [-0.4, -0.2) is 43.3 Å². The number of amides is 1. The minimum atomic E-state index is -0.295. The molecule has 2 aromatic heterocycles. The quantitative estimate of drug-likeness (QED) is 0.651. The minimum absolute atomic E-state index is 0.0758. The van der Waals surface area contributed by atoms with Gasteiger partial charge in [-0.1, -0.05) is 30.0 Å². The third-order valence-corrected chi connectivity index (χ3v) is 5.14. The van der Waals surface area contributed by atoms with E-state index in [0.29, 0.717) is 11.1 Å². The van der Waals surface area contributed by atoms with Crippen LogP contribution in [0.25, 0.3) is 22.4 Å². The van der Waals surface area contributed by atoms with Crippen molar-refractivity contribution in [3.8, 4) is 11.5 Å². The van der Waals surface area contributed by atoms with Gasteiger partial charge in [-0.3, -0.25) is 4.79 Å². The fraction of sp³-hybridized carbons (Fsp3) is 0.421. The number of carbonyl (C=O) groups is 1. The van der Waals surface area contributed by atoms with E-state index < -0.39 is 0 Å². The van der Waals surface area contributed by atoms with Gasteiger partial charge >= 0.3 is 0 Å². The topological polar surface area (TPSA) is 75.0 Å². The van der Waals surface area contributed by atoms with Crippen molar-refractivity contribution in [2.75, 3.05) is 0 Å². The molecule has 3 aromatic rings. The maximum Gasteiger partial charge on any atom is 0.277 e. The summed E-state index contributed by atoms with van der Waals surface area (Å²) in [7, 11) is 0. The van der Waals surface area contributed by atoms with Crippen LogP contribution in [0, 0.1) is 0 Å². The van der Waals surface area contributed by atoms with Crippen molar-refractivity contribution in [2.24, 2.45) is 0 Å². The molecule has 0 fully saturated rings. The van der Waals surface area contributed by atoms with E-state index in [2.05, 4.69) is 15.2 Å². The van der Waals surface area contributed by atoms with Gasteiger partial charge in [-0.05, 0) is 40.7 Å². The first-order valence-electron chi connectivity index (χ1n) is 8.77. The molecule has 26 heavy (non-hydrogen) atoms. The summed E-state index contributed by atoms with van der Waals surface area (Å²) in [5.41, 5.74) is 1.88. The van der Waals surface area contributed by atoms with Crippen molar-refractivity contribution in [1.29, 1.82) is 0 Å². The Morgan fingerprint density at radius 2 is 1.81 bits per heavy atom. The van der Waals surface area contributed by atoms with Crippen LogP contribution in [0.3, 0.4) is 0 Å². The molecule has 0 unspecified atom stereocenters. The molecule has 3 rings (SSSR count). The number of nitrogens with zero attached hydrogens (tertiary/aromatic N) is 3. The SMILES string of the molecule is CC(C)N(C(=O)[C@@H](C)Sc1nnc(-c2c[nH]c3ccccc23)o1)C(C)C. The van der Waals surface area contributed by atoms with Crippen LogP contribution in [0.1, 0.15) is 34.6 Å². The molecule has 0 saturated carbocycles. The van der Waals surface area contributed by atoms with Gasteiger partial charge in [0.2, 0.25) is 5.91 Å². The number of H-pyrrole nitrogens is 1. The fourth-order valence-corrected chi connectivity index (χ4v) is 3.87. The Bertz CT molecular complexity index is 892. The number of nitrogens with one attached hydrogen (secondary N) is 1. The Hall–Kier alpha value is -2.28. The van der Waals surface area contributed by atoms with E-state index >= 15 is 0 Å². The van der Waals surface area contributed by atoms with Gasteiger partial charge in [0.25, 0.3) is 11.1 Å². The van der Waals surface area contributed by atoms with E-state index in [1.54, 1.807) is 0 Å². The summed E-state index contributed by atoms with van der Waals surface area (Å²) in [5, 5.41) is 9.40. The zero-order valence-corrected chi connectivity index (χ0v) is 16.5. The minimum Gasteiger partial charge on any atom is -0.411 e. The molecule has 0 bridgehead atoms. The van der Waals surface area contributed by atoms with Crippen LogP contribution < -0.4 is 0 Å². The summed E-state index contributed by atoms with van der Waals surface area (Å²) in [4.78, 5) is 17.8. The van der Waals surface area contributed by atoms with E-state index in [9.17, 15) is 4.79 Å². The monoisotopic (exact) mass is 372 g/mol. The first kappa shape index (κ1) is 18.5. The number of fused-ring (bicyclic) bond motifs is 1. The first-order valence-corrected chi connectivity index (χ1v) is 9.65. The highest BCUT2D eigenvalue weighted by molar-refractivity contribution is 8.00. The van der Waals surface area contributed by atoms with Gasteiger partial charge in [-0.15, -0.1) is 10.2 Å². The van der Waals surface area contributed by atoms with Crippen LogP contribution in [0.4, 0.5) is 0 Å². The third-order valence-electron chi connectivity index (χ3n) is 4.22. The maximum atomic E-state index is 12.8. The Morgan fingerprint density at radius 3 is 2.50 bits per heavy atom. The third kappa shape index (κ3) is 3.62. The number of aromatic nitrogens is 3. The summed E-state index contributed by atoms with van der Waals surface area (Å²) in [6.45, 7) is 9.97. The molecule has 138 valence electrons. The van der Waals surface area contributed by atoms with E-state index in [-0.39, 0.29) is 23.2 Å². The molecular weight excluding hydrogens is 348 g/mol. The molecule has 7 heteroatoms. The lowest BCUT2D eigenvalue weighted by Gasteiger charge is -2.32. The molecule has 1 N–H and O–H groups in total. The predicted molar refractivity (Wildman–Crippen MR) is 104 cm³/mol. The number of para-hydroxylation sites is 1. The average Bonchev–Trinajstić information content (AvgIpc) is 3.20. The summed E-state index contributed by atoms with van der Waals surface area (Å²) >= 11 is 1.30. The largest absolute Gasteiger partial charge is 0.411 e. The lowest BCUT2D eigenvalue weighted by Crippen LogP contribution is -2.45. The molecule has 1 amide bonds. The smallest absolute Gasteiger partial charge is 0.277 e. The van der Waals surface area contributed by atoms with Crippen LogP contribution in [0.15, 0.2) is 40.1 Å². The highest BCUT2D eigenvalue weighted by Gasteiger charge is 2.27. The zero-order valence-electron chi connectivity index (χ0n) is 15.7. The van der Waals surface area contributed by atoms with Crippen molar-refractivity contribution >= 4 is 28.6 Å². The zero-order chi connectivity index (χ0) is 18.8. The van der Waals surface area contributed by atoms with Gasteiger partial charge in [0.05, 0.1) is 10.8 Å². The number of thioether (sulfide) groups is 1. The van der Waals surface area contributed by atoms with Gasteiger partial charge in [0, 0.05) is 29.2 Å². The van der Waals surface area contributed by atoms with Gasteiger partial charge < -0.3 is 14.3 Å². The van der Waals surface area contributed by atoms with Crippen LogP contribution in [0.2, 0.25) is 0 Å². The summed E-state index contributed by atoms with van der Waals surface area (Å²) in [6.07, 6.45) is 1.86. The van der Waals surface area contributed by atoms with Crippen molar-refractivity contribution in [3.63, 3.8) is 0 Å². The molecule has 0 radical (unpaired) electrons. The molecule has 1 atom stereocenters. The Labute approximate surface area is 157 Å². The molecular formula is C19H24N4O2S. The number of aromatic amines is 1. The van der Waals surface area contributed by atoms with Crippen molar-refractivity contribution in [3.05, 3.63) is 30.5 Å². The average molecular weight is 372 g/mol. The molecule has 2 heterocycles. The first-order chi connectivity index (χ1) is 12.4. The van der Waals surface area contributed by atoms with Crippen LogP contribution >= 0.6 is 11.8 Å². The molecule has 0 saturated heterocycles. The maximum absolute atomic E-state index is 12.8. The molecule has 6 nitrogen and oxygen atoms in total. The summed E-state index contributed by atoms with van der Waals surface area (Å²) in [6, 6.07) is 8.25. The summed E-state index contributed by atoms with van der Waals surface area (Å²) in [5.74, 6) is 0.529. The Balaban J connectivity index is 1.77. The number of carbonyl (C=O) groups excluding carboxylic acids is 1. The standard InChI is InChI=1S/C19H24N4O2S/c1-11(2)23(12(3)4)18(24)13(5)26-19-22-21-17(25-19)15-10-20-16-9-7-6-8-14(15)16/h6-13,20H,1-5H3/t13-/m1/s1. The van der Waals surface area contributed by atoms with E-state index in [1.807, 2.05) is 70.0 Å². The second-order valence-corrected chi connectivity index (χ2v) is 8.11. The van der Waals surface area contributed by atoms with Crippen LogP contribution in [0.5, 0.6) is 0 Å². The molecule has 1 aromatic carbocycles. The Morgan fingerprint density at radius 1 is 1.12 bits per heavy atom. The number of hydrogen-bond acceptors (Lipinski definition) is 5. The second kappa shape index (κ2) is 7.53. The lowest BCUT2D eigenvalue weighted by atomic mass is 10.2. The fourth-order valence-electron chi connectivity index (χ4n) is 3.13. The number of rotatable bonds is 6. The predicted octanol–water partition coefficient (Wildman–Crippen LogP) is 4.34. The van der Waals surface area contributed by atoms with Gasteiger partial charge in [-0.25, -0.2) is 0 Å². The van der Waals surface area contributed by atoms with Crippen molar-refractivity contribution in [2.45, 2.75) is 57.2 Å². The number of hydrogen-bond donors (Lipinski definition) is 1. The normalized spacial score (nSPS) is 12.9.